The van der Waals surface area contributed by atoms with Crippen molar-refractivity contribution in [3.05, 3.63) is 59.2 Å². The van der Waals surface area contributed by atoms with Crippen molar-refractivity contribution >= 4 is 17.9 Å². The van der Waals surface area contributed by atoms with Crippen molar-refractivity contribution in [2.45, 2.75) is 0 Å². The number of carbonyl (C=O) groups is 3. The maximum absolute atomic E-state index is 11.3. The third-order valence-corrected chi connectivity index (χ3v) is 2.94. The predicted molar refractivity (Wildman–Crippen MR) is 72.8 cm³/mol. The maximum Gasteiger partial charge on any atom is 0.336 e. The third-order valence-electron chi connectivity index (χ3n) is 2.94. The van der Waals surface area contributed by atoms with Crippen LogP contribution in [0.4, 0.5) is 0 Å². The maximum atomic E-state index is 11.3. The minimum absolute atomic E-state index is 0.0813. The number of benzene rings is 2. The molecule has 0 spiro atoms. The van der Waals surface area contributed by atoms with E-state index in [4.69, 9.17) is 10.2 Å². The molecule has 2 rings (SSSR count). The lowest BCUT2D eigenvalue weighted by molar-refractivity contribution is 0.0682. The zero-order valence-corrected chi connectivity index (χ0v) is 10.6. The van der Waals surface area contributed by atoms with E-state index in [9.17, 15) is 19.5 Å². The molecule has 0 radical (unpaired) electrons. The first-order valence-corrected chi connectivity index (χ1v) is 5.84. The van der Waals surface area contributed by atoms with Gasteiger partial charge in [0.25, 0.3) is 0 Å². The molecule has 0 saturated carbocycles. The average Bonchev–Trinajstić information content (AvgIpc) is 2.46. The van der Waals surface area contributed by atoms with E-state index in [1.807, 2.05) is 0 Å². The van der Waals surface area contributed by atoms with E-state index in [1.165, 1.54) is 36.4 Å². The van der Waals surface area contributed by atoms with Crippen molar-refractivity contribution in [3.8, 4) is 11.1 Å². The van der Waals surface area contributed by atoms with E-state index in [0.717, 1.165) is 6.07 Å². The molecule has 0 aliphatic rings. The molecule has 0 unspecified atom stereocenters. The topological polar surface area (TPSA) is 112 Å². The fourth-order valence-electron chi connectivity index (χ4n) is 1.90. The van der Waals surface area contributed by atoms with Crippen molar-refractivity contribution in [2.24, 2.45) is 0 Å². The molecule has 0 heterocycles. The van der Waals surface area contributed by atoms with Gasteiger partial charge in [0.15, 0.2) is 0 Å². The molecule has 21 heavy (non-hydrogen) atoms. The van der Waals surface area contributed by atoms with E-state index < -0.39 is 17.9 Å². The van der Waals surface area contributed by atoms with Crippen LogP contribution in [0.2, 0.25) is 0 Å². The molecule has 106 valence electrons. The fourth-order valence-corrected chi connectivity index (χ4v) is 1.90. The van der Waals surface area contributed by atoms with E-state index >= 15 is 0 Å². The summed E-state index contributed by atoms with van der Waals surface area (Å²) < 4.78 is 0. The molecule has 0 amide bonds. The Hall–Kier alpha value is -3.15. The summed E-state index contributed by atoms with van der Waals surface area (Å²) in [7, 11) is 0. The first-order chi connectivity index (χ1) is 9.90. The number of aromatic carboxylic acids is 3. The Morgan fingerprint density at radius 2 is 1.19 bits per heavy atom. The molecule has 0 atom stereocenters. The molecule has 6 heteroatoms. The van der Waals surface area contributed by atoms with Crippen molar-refractivity contribution in [2.75, 3.05) is 0 Å². The van der Waals surface area contributed by atoms with Gasteiger partial charge in [0.1, 0.15) is 0 Å². The monoisotopic (exact) mass is 286 g/mol. The van der Waals surface area contributed by atoms with Gasteiger partial charge in [0.2, 0.25) is 0 Å². The summed E-state index contributed by atoms with van der Waals surface area (Å²) in [5, 5.41) is 26.9. The SMILES string of the molecule is O=C(O)c1ccc(-c2ccc(C(=O)O)cc2C(=O)O)cc1. The smallest absolute Gasteiger partial charge is 0.336 e. The van der Waals surface area contributed by atoms with Crippen LogP contribution in [-0.2, 0) is 0 Å². The van der Waals surface area contributed by atoms with Crippen molar-refractivity contribution in [1.82, 2.24) is 0 Å². The number of hydrogen-bond donors (Lipinski definition) is 3. The minimum Gasteiger partial charge on any atom is -0.478 e. The molecule has 0 fully saturated rings. The van der Waals surface area contributed by atoms with Crippen LogP contribution < -0.4 is 0 Å². The minimum atomic E-state index is -1.25. The molecular weight excluding hydrogens is 276 g/mol. The number of carboxylic acid groups (broad SMARTS) is 3. The largest absolute Gasteiger partial charge is 0.478 e. The molecule has 0 bridgehead atoms. The highest BCUT2D eigenvalue weighted by atomic mass is 16.4. The van der Waals surface area contributed by atoms with E-state index in [0.29, 0.717) is 11.1 Å². The second-order valence-corrected chi connectivity index (χ2v) is 4.25. The van der Waals surface area contributed by atoms with Gasteiger partial charge in [0, 0.05) is 0 Å². The highest BCUT2D eigenvalue weighted by molar-refractivity contribution is 6.00. The molecule has 0 aromatic heterocycles. The second-order valence-electron chi connectivity index (χ2n) is 4.25. The van der Waals surface area contributed by atoms with Crippen molar-refractivity contribution in [1.29, 1.82) is 0 Å². The van der Waals surface area contributed by atoms with Crippen LogP contribution in [0, 0.1) is 0 Å². The second kappa shape index (κ2) is 5.46. The number of rotatable bonds is 4. The summed E-state index contributed by atoms with van der Waals surface area (Å²) in [4.78, 5) is 32.9. The van der Waals surface area contributed by atoms with Gasteiger partial charge in [-0.25, -0.2) is 14.4 Å². The molecule has 0 aliphatic carbocycles. The zero-order valence-electron chi connectivity index (χ0n) is 10.6. The Bertz CT molecular complexity index is 730. The number of hydrogen-bond acceptors (Lipinski definition) is 3. The summed E-state index contributed by atoms with van der Waals surface area (Å²) in [6, 6.07) is 9.43. The molecule has 6 nitrogen and oxygen atoms in total. The number of carboxylic acids is 3. The van der Waals surface area contributed by atoms with Gasteiger partial charge in [-0.05, 0) is 35.4 Å². The van der Waals surface area contributed by atoms with E-state index in [1.54, 1.807) is 0 Å². The van der Waals surface area contributed by atoms with Gasteiger partial charge in [-0.3, -0.25) is 0 Å². The highest BCUT2D eigenvalue weighted by Gasteiger charge is 2.15. The van der Waals surface area contributed by atoms with Crippen LogP contribution in [0.15, 0.2) is 42.5 Å². The fraction of sp³-hybridized carbons (Fsp3) is 0. The normalized spacial score (nSPS) is 10.1. The lowest BCUT2D eigenvalue weighted by Crippen LogP contribution is -2.04. The molecule has 2 aromatic rings. The van der Waals surface area contributed by atoms with Gasteiger partial charge in [-0.1, -0.05) is 18.2 Å². The van der Waals surface area contributed by atoms with Gasteiger partial charge in [0.05, 0.1) is 16.7 Å². The van der Waals surface area contributed by atoms with Gasteiger partial charge in [-0.2, -0.15) is 0 Å². The highest BCUT2D eigenvalue weighted by Crippen LogP contribution is 2.25. The average molecular weight is 286 g/mol. The Morgan fingerprint density at radius 1 is 0.667 bits per heavy atom. The van der Waals surface area contributed by atoms with Crippen LogP contribution in [0.5, 0.6) is 0 Å². The lowest BCUT2D eigenvalue weighted by atomic mass is 9.96. The van der Waals surface area contributed by atoms with Crippen LogP contribution in [0.1, 0.15) is 31.1 Å². The summed E-state index contributed by atoms with van der Waals surface area (Å²) in [6.07, 6.45) is 0. The Labute approximate surface area is 118 Å². The quantitative estimate of drug-likeness (QED) is 0.795. The third kappa shape index (κ3) is 2.89. The van der Waals surface area contributed by atoms with Crippen LogP contribution in [0.25, 0.3) is 11.1 Å². The Balaban J connectivity index is 2.54. The Morgan fingerprint density at radius 3 is 1.67 bits per heavy atom. The van der Waals surface area contributed by atoms with Crippen LogP contribution >= 0.6 is 0 Å². The first-order valence-electron chi connectivity index (χ1n) is 5.84. The van der Waals surface area contributed by atoms with Crippen LogP contribution in [-0.4, -0.2) is 33.2 Å². The summed E-state index contributed by atoms with van der Waals surface area (Å²) in [5.41, 5.74) is 0.618. The summed E-state index contributed by atoms with van der Waals surface area (Å²) in [5.74, 6) is -3.55. The molecule has 2 aromatic carbocycles. The molecular formula is C15H10O6. The first kappa shape index (κ1) is 14.3. The van der Waals surface area contributed by atoms with Gasteiger partial charge in [-0.15, -0.1) is 0 Å². The Kier molecular flexibility index (Phi) is 3.71. The summed E-state index contributed by atoms with van der Waals surface area (Å²) in [6.45, 7) is 0. The summed E-state index contributed by atoms with van der Waals surface area (Å²) >= 11 is 0. The van der Waals surface area contributed by atoms with Crippen molar-refractivity contribution < 1.29 is 29.7 Å². The molecule has 0 saturated heterocycles. The molecule has 0 aliphatic heterocycles. The predicted octanol–water partition coefficient (Wildman–Crippen LogP) is 2.45. The zero-order chi connectivity index (χ0) is 15.6. The molecule has 3 N–H and O–H groups in total. The van der Waals surface area contributed by atoms with Crippen molar-refractivity contribution in [3.63, 3.8) is 0 Å². The lowest BCUT2D eigenvalue weighted by Gasteiger charge is -2.08. The van der Waals surface area contributed by atoms with Crippen LogP contribution in [0.3, 0.4) is 0 Å². The van der Waals surface area contributed by atoms with E-state index in [2.05, 4.69) is 0 Å². The van der Waals surface area contributed by atoms with Gasteiger partial charge >= 0.3 is 17.9 Å². The van der Waals surface area contributed by atoms with E-state index in [-0.39, 0.29) is 16.7 Å². The standard InChI is InChI=1S/C15H10O6/c16-13(17)9-3-1-8(2-4-9)11-6-5-10(14(18)19)7-12(11)15(20)21/h1-7H,(H,16,17)(H,18,19)(H,20,21). The van der Waals surface area contributed by atoms with Gasteiger partial charge < -0.3 is 15.3 Å².